The molecule has 1 aliphatic heterocycles. The van der Waals surface area contributed by atoms with Crippen molar-refractivity contribution in [1.82, 2.24) is 10.2 Å². The van der Waals surface area contributed by atoms with Crippen molar-refractivity contribution >= 4 is 5.91 Å². The van der Waals surface area contributed by atoms with Crippen LogP contribution in [0.1, 0.15) is 36.4 Å². The fraction of sp³-hybridized carbons (Fsp3) is 0.435. The van der Waals surface area contributed by atoms with Crippen molar-refractivity contribution in [3.05, 3.63) is 65.7 Å². The quantitative estimate of drug-likeness (QED) is 0.760. The minimum absolute atomic E-state index is 0.0658. The van der Waals surface area contributed by atoms with Gasteiger partial charge in [0, 0.05) is 31.6 Å². The first kappa shape index (κ1) is 20.4. The summed E-state index contributed by atoms with van der Waals surface area (Å²) in [7, 11) is 1.69. The van der Waals surface area contributed by atoms with Crippen LogP contribution in [-0.4, -0.2) is 50.8 Å². The van der Waals surface area contributed by atoms with E-state index < -0.39 is 0 Å². The lowest BCUT2D eigenvalue weighted by Crippen LogP contribution is -2.44. The number of carbonyl (C=O) groups is 1. The molecule has 5 nitrogen and oxygen atoms in total. The maximum atomic E-state index is 12.6. The Labute approximate surface area is 167 Å². The molecule has 0 aromatic heterocycles. The van der Waals surface area contributed by atoms with Gasteiger partial charge in [-0.3, -0.25) is 9.69 Å². The zero-order valence-corrected chi connectivity index (χ0v) is 16.8. The summed E-state index contributed by atoms with van der Waals surface area (Å²) in [5, 5.41) is 3.15. The molecule has 1 saturated heterocycles. The normalized spacial score (nSPS) is 16.9. The molecule has 0 aliphatic carbocycles. The van der Waals surface area contributed by atoms with E-state index in [2.05, 4.69) is 35.3 Å². The van der Waals surface area contributed by atoms with Gasteiger partial charge in [-0.15, -0.1) is 0 Å². The van der Waals surface area contributed by atoms with E-state index in [-0.39, 0.29) is 17.9 Å². The summed E-state index contributed by atoms with van der Waals surface area (Å²) in [6.45, 7) is 5.77. The number of benzene rings is 2. The fourth-order valence-electron chi connectivity index (χ4n) is 3.73. The molecule has 150 valence electrons. The Morgan fingerprint density at radius 1 is 1.11 bits per heavy atom. The summed E-state index contributed by atoms with van der Waals surface area (Å²) in [5.41, 5.74) is 2.29. The summed E-state index contributed by atoms with van der Waals surface area (Å²) < 4.78 is 11.1. The van der Waals surface area contributed by atoms with Crippen LogP contribution in [-0.2, 0) is 9.53 Å². The minimum Gasteiger partial charge on any atom is -0.496 e. The molecule has 1 amide bonds. The summed E-state index contributed by atoms with van der Waals surface area (Å²) in [5.74, 6) is 1.12. The number of nitrogens with one attached hydrogen (secondary N) is 1. The predicted octanol–water partition coefficient (Wildman–Crippen LogP) is 3.38. The van der Waals surface area contributed by atoms with Gasteiger partial charge in [-0.1, -0.05) is 55.5 Å². The highest BCUT2D eigenvalue weighted by Gasteiger charge is 2.25. The van der Waals surface area contributed by atoms with E-state index in [4.69, 9.17) is 9.47 Å². The molecular formula is C23H30N2O3. The van der Waals surface area contributed by atoms with Crippen LogP contribution in [0.3, 0.4) is 0 Å². The highest BCUT2D eigenvalue weighted by atomic mass is 16.5. The lowest BCUT2D eigenvalue weighted by Gasteiger charge is -2.35. The van der Waals surface area contributed by atoms with Crippen molar-refractivity contribution in [3.63, 3.8) is 0 Å². The van der Waals surface area contributed by atoms with Crippen molar-refractivity contribution < 1.29 is 14.3 Å². The van der Waals surface area contributed by atoms with Gasteiger partial charge in [-0.25, -0.2) is 0 Å². The van der Waals surface area contributed by atoms with Crippen molar-refractivity contribution in [2.24, 2.45) is 0 Å². The van der Waals surface area contributed by atoms with Crippen LogP contribution in [0.4, 0.5) is 0 Å². The van der Waals surface area contributed by atoms with Gasteiger partial charge in [-0.2, -0.15) is 0 Å². The molecule has 1 aliphatic rings. The van der Waals surface area contributed by atoms with Gasteiger partial charge in [0.05, 0.1) is 26.4 Å². The number of hydrogen-bond donors (Lipinski definition) is 1. The van der Waals surface area contributed by atoms with Crippen LogP contribution in [0.2, 0.25) is 0 Å². The molecule has 0 spiro atoms. The van der Waals surface area contributed by atoms with E-state index in [9.17, 15) is 4.79 Å². The molecule has 5 heteroatoms. The number of amides is 1. The van der Waals surface area contributed by atoms with Gasteiger partial charge in [0.25, 0.3) is 0 Å². The highest BCUT2D eigenvalue weighted by Crippen LogP contribution is 2.29. The largest absolute Gasteiger partial charge is 0.496 e. The van der Waals surface area contributed by atoms with Gasteiger partial charge in [0.2, 0.25) is 5.91 Å². The number of carbonyl (C=O) groups excluding carboxylic acids is 1. The Morgan fingerprint density at radius 2 is 1.79 bits per heavy atom. The van der Waals surface area contributed by atoms with Crippen LogP contribution in [0.25, 0.3) is 0 Å². The zero-order valence-electron chi connectivity index (χ0n) is 16.8. The zero-order chi connectivity index (χ0) is 19.8. The van der Waals surface area contributed by atoms with Gasteiger partial charge >= 0.3 is 0 Å². The second-order valence-electron chi connectivity index (χ2n) is 7.23. The molecule has 0 radical (unpaired) electrons. The molecule has 1 fully saturated rings. The van der Waals surface area contributed by atoms with E-state index in [1.165, 1.54) is 5.56 Å². The second kappa shape index (κ2) is 10.2. The first-order valence-electron chi connectivity index (χ1n) is 9.95. The summed E-state index contributed by atoms with van der Waals surface area (Å²) >= 11 is 0. The Morgan fingerprint density at radius 3 is 2.50 bits per heavy atom. The lowest BCUT2D eigenvalue weighted by molar-refractivity contribution is -0.121. The number of methoxy groups -OCH3 is 1. The topological polar surface area (TPSA) is 50.8 Å². The lowest BCUT2D eigenvalue weighted by atomic mass is 9.97. The molecule has 0 bridgehead atoms. The molecule has 2 aromatic carbocycles. The summed E-state index contributed by atoms with van der Waals surface area (Å²) in [6, 6.07) is 18.3. The highest BCUT2D eigenvalue weighted by molar-refractivity contribution is 5.76. The number of rotatable bonds is 8. The molecule has 1 heterocycles. The number of hydrogen-bond acceptors (Lipinski definition) is 4. The predicted molar refractivity (Wildman–Crippen MR) is 111 cm³/mol. The molecule has 0 saturated carbocycles. The first-order valence-corrected chi connectivity index (χ1v) is 9.95. The van der Waals surface area contributed by atoms with Crippen LogP contribution in [0.15, 0.2) is 54.6 Å². The maximum Gasteiger partial charge on any atom is 0.220 e. The standard InChI is InChI=1S/C23H30N2O3/c1-18(19-8-4-3-5-9-19)16-23(26)24-17-21(25-12-14-28-15-13-25)20-10-6-7-11-22(20)27-2/h3-11,18,21H,12-17H2,1-2H3,(H,24,26). The monoisotopic (exact) mass is 382 g/mol. The number of morpholine rings is 1. The van der Waals surface area contributed by atoms with Gasteiger partial charge in [0.15, 0.2) is 0 Å². The molecule has 2 aromatic rings. The molecule has 28 heavy (non-hydrogen) atoms. The van der Waals surface area contributed by atoms with E-state index in [0.717, 1.165) is 24.4 Å². The Balaban J connectivity index is 1.66. The third-order valence-electron chi connectivity index (χ3n) is 5.34. The Bertz CT molecular complexity index is 745. The Hall–Kier alpha value is -2.37. The van der Waals surface area contributed by atoms with E-state index in [0.29, 0.717) is 26.2 Å². The SMILES string of the molecule is COc1ccccc1C(CNC(=O)CC(C)c1ccccc1)N1CCOCC1. The summed E-state index contributed by atoms with van der Waals surface area (Å²) in [6.07, 6.45) is 0.478. The molecule has 1 N–H and O–H groups in total. The smallest absolute Gasteiger partial charge is 0.220 e. The molecule has 2 atom stereocenters. The average Bonchev–Trinajstić information content (AvgIpc) is 2.75. The Kier molecular flexibility index (Phi) is 7.46. The van der Waals surface area contributed by atoms with E-state index in [1.54, 1.807) is 7.11 Å². The van der Waals surface area contributed by atoms with Crippen LogP contribution < -0.4 is 10.1 Å². The van der Waals surface area contributed by atoms with Crippen molar-refractivity contribution in [2.75, 3.05) is 40.0 Å². The van der Waals surface area contributed by atoms with Crippen molar-refractivity contribution in [3.8, 4) is 5.75 Å². The van der Waals surface area contributed by atoms with Crippen molar-refractivity contribution in [1.29, 1.82) is 0 Å². The van der Waals surface area contributed by atoms with E-state index in [1.807, 2.05) is 36.4 Å². The number of nitrogens with zero attached hydrogens (tertiary/aromatic N) is 1. The molecular weight excluding hydrogens is 352 g/mol. The molecule has 3 rings (SSSR count). The van der Waals surface area contributed by atoms with Crippen molar-refractivity contribution in [2.45, 2.75) is 25.3 Å². The van der Waals surface area contributed by atoms with Crippen LogP contribution in [0, 0.1) is 0 Å². The third-order valence-corrected chi connectivity index (χ3v) is 5.34. The van der Waals surface area contributed by atoms with Gasteiger partial charge < -0.3 is 14.8 Å². The minimum atomic E-state index is 0.0658. The number of ether oxygens (including phenoxy) is 2. The van der Waals surface area contributed by atoms with Gasteiger partial charge in [-0.05, 0) is 17.5 Å². The van der Waals surface area contributed by atoms with Crippen LogP contribution >= 0.6 is 0 Å². The van der Waals surface area contributed by atoms with E-state index >= 15 is 0 Å². The summed E-state index contributed by atoms with van der Waals surface area (Å²) in [4.78, 5) is 15.0. The average molecular weight is 383 g/mol. The molecule has 2 unspecified atom stereocenters. The maximum absolute atomic E-state index is 12.6. The third kappa shape index (κ3) is 5.33. The number of para-hydroxylation sites is 1. The fourth-order valence-corrected chi connectivity index (χ4v) is 3.73. The van der Waals surface area contributed by atoms with Crippen LogP contribution in [0.5, 0.6) is 5.75 Å². The van der Waals surface area contributed by atoms with Gasteiger partial charge in [0.1, 0.15) is 5.75 Å². The first-order chi connectivity index (χ1) is 13.7. The second-order valence-corrected chi connectivity index (χ2v) is 7.23.